The molecule has 23 heavy (non-hydrogen) atoms. The predicted molar refractivity (Wildman–Crippen MR) is 85.4 cm³/mol. The van der Waals surface area contributed by atoms with E-state index in [1.54, 1.807) is 17.0 Å². The van der Waals surface area contributed by atoms with E-state index in [4.69, 9.17) is 4.74 Å². The molecule has 0 saturated carbocycles. The molecule has 0 aliphatic carbocycles. The molecule has 2 fully saturated rings. The van der Waals surface area contributed by atoms with Gasteiger partial charge >= 0.3 is 6.03 Å². The van der Waals surface area contributed by atoms with Gasteiger partial charge in [-0.1, -0.05) is 0 Å². The molecule has 1 aromatic rings. The van der Waals surface area contributed by atoms with E-state index in [0.29, 0.717) is 25.3 Å². The van der Waals surface area contributed by atoms with E-state index in [1.807, 2.05) is 12.1 Å². The maximum atomic E-state index is 12.2. The minimum absolute atomic E-state index is 0.139. The summed E-state index contributed by atoms with van der Waals surface area (Å²) in [6.45, 7) is 2.12. The maximum absolute atomic E-state index is 12.2. The van der Waals surface area contributed by atoms with Crippen molar-refractivity contribution >= 4 is 23.3 Å². The zero-order valence-electron chi connectivity index (χ0n) is 12.9. The quantitative estimate of drug-likeness (QED) is 0.853. The number of carbonyl (C=O) groups excluding carboxylic acids is 2. The van der Waals surface area contributed by atoms with Gasteiger partial charge in [-0.3, -0.25) is 4.79 Å². The molecule has 0 aromatic heterocycles. The second kappa shape index (κ2) is 6.97. The average Bonchev–Trinajstić information content (AvgIpc) is 2.84. The summed E-state index contributed by atoms with van der Waals surface area (Å²) in [4.78, 5) is 27.3. The molecule has 0 bridgehead atoms. The molecule has 2 N–H and O–H groups in total. The normalized spacial score (nSPS) is 22.1. The number of aliphatic hydroxyl groups is 1. The van der Waals surface area contributed by atoms with Crippen LogP contribution in [-0.2, 0) is 9.53 Å². The van der Waals surface area contributed by atoms with E-state index in [1.165, 1.54) is 4.90 Å². The SMILES string of the molecule is O=C(Nc1ccc(N2CCCC2=O)cc1)N1CCOC[C@@H](O)C1. The van der Waals surface area contributed by atoms with Crippen molar-refractivity contribution in [1.82, 2.24) is 4.90 Å². The Morgan fingerprint density at radius 2 is 2.04 bits per heavy atom. The second-order valence-corrected chi connectivity index (χ2v) is 5.80. The Kier molecular flexibility index (Phi) is 4.78. The van der Waals surface area contributed by atoms with Crippen molar-refractivity contribution in [2.45, 2.75) is 18.9 Å². The van der Waals surface area contributed by atoms with Gasteiger partial charge in [0.1, 0.15) is 0 Å². The van der Waals surface area contributed by atoms with Gasteiger partial charge in [-0.2, -0.15) is 0 Å². The number of rotatable bonds is 2. The van der Waals surface area contributed by atoms with E-state index >= 15 is 0 Å². The van der Waals surface area contributed by atoms with Crippen molar-refractivity contribution in [1.29, 1.82) is 0 Å². The minimum Gasteiger partial charge on any atom is -0.389 e. The first kappa shape index (κ1) is 15.8. The number of hydrogen-bond donors (Lipinski definition) is 2. The highest BCUT2D eigenvalue weighted by Gasteiger charge is 2.22. The fraction of sp³-hybridized carbons (Fsp3) is 0.500. The molecule has 1 aromatic carbocycles. The summed E-state index contributed by atoms with van der Waals surface area (Å²) in [5.41, 5.74) is 1.51. The van der Waals surface area contributed by atoms with E-state index in [-0.39, 0.29) is 25.1 Å². The molecule has 2 heterocycles. The lowest BCUT2D eigenvalue weighted by Gasteiger charge is -2.22. The second-order valence-electron chi connectivity index (χ2n) is 5.80. The van der Waals surface area contributed by atoms with Gasteiger partial charge in [0.05, 0.1) is 25.9 Å². The standard InChI is InChI=1S/C16H21N3O4/c20-14-10-18(8-9-23-11-14)16(22)17-12-3-5-13(6-4-12)19-7-1-2-15(19)21/h3-6,14,20H,1-2,7-11H2,(H,17,22)/t14-/m0/s1. The van der Waals surface area contributed by atoms with Crippen LogP contribution in [0.5, 0.6) is 0 Å². The molecular formula is C16H21N3O4. The topological polar surface area (TPSA) is 82.1 Å². The molecule has 7 nitrogen and oxygen atoms in total. The Morgan fingerprint density at radius 3 is 2.74 bits per heavy atom. The number of nitrogens with one attached hydrogen (secondary N) is 1. The number of nitrogens with zero attached hydrogens (tertiary/aromatic N) is 2. The van der Waals surface area contributed by atoms with Crippen LogP contribution >= 0.6 is 0 Å². The van der Waals surface area contributed by atoms with Gasteiger partial charge in [-0.05, 0) is 30.7 Å². The first-order valence-corrected chi connectivity index (χ1v) is 7.85. The van der Waals surface area contributed by atoms with Crippen molar-refractivity contribution < 1.29 is 19.4 Å². The van der Waals surface area contributed by atoms with Crippen LogP contribution in [-0.4, -0.2) is 60.9 Å². The molecule has 2 saturated heterocycles. The zero-order chi connectivity index (χ0) is 16.2. The largest absolute Gasteiger partial charge is 0.389 e. The highest BCUT2D eigenvalue weighted by Crippen LogP contribution is 2.23. The van der Waals surface area contributed by atoms with Crippen LogP contribution in [0.1, 0.15) is 12.8 Å². The maximum Gasteiger partial charge on any atom is 0.322 e. The summed E-state index contributed by atoms with van der Waals surface area (Å²) >= 11 is 0. The van der Waals surface area contributed by atoms with Crippen molar-refractivity contribution in [2.75, 3.05) is 43.1 Å². The van der Waals surface area contributed by atoms with Gasteiger partial charge in [0.15, 0.2) is 0 Å². The molecule has 0 unspecified atom stereocenters. The smallest absolute Gasteiger partial charge is 0.322 e. The summed E-state index contributed by atoms with van der Waals surface area (Å²) < 4.78 is 5.21. The number of urea groups is 1. The third-order valence-corrected chi connectivity index (χ3v) is 4.04. The summed E-state index contributed by atoms with van der Waals surface area (Å²) in [5.74, 6) is 0.139. The Hall–Kier alpha value is -2.12. The molecule has 124 valence electrons. The monoisotopic (exact) mass is 319 g/mol. The Morgan fingerprint density at radius 1 is 1.26 bits per heavy atom. The molecule has 2 aliphatic rings. The summed E-state index contributed by atoms with van der Waals surface area (Å²) in [5, 5.41) is 12.5. The average molecular weight is 319 g/mol. The summed E-state index contributed by atoms with van der Waals surface area (Å²) in [6.07, 6.45) is 0.820. The van der Waals surface area contributed by atoms with E-state index in [9.17, 15) is 14.7 Å². The van der Waals surface area contributed by atoms with Gasteiger partial charge in [0.2, 0.25) is 5.91 Å². The molecule has 1 atom stereocenters. The van der Waals surface area contributed by atoms with Crippen LogP contribution in [0.4, 0.5) is 16.2 Å². The molecule has 0 radical (unpaired) electrons. The lowest BCUT2D eigenvalue weighted by molar-refractivity contribution is -0.117. The third-order valence-electron chi connectivity index (χ3n) is 4.04. The lowest BCUT2D eigenvalue weighted by atomic mass is 10.2. The lowest BCUT2D eigenvalue weighted by Crippen LogP contribution is -2.40. The molecule has 0 spiro atoms. The fourth-order valence-corrected chi connectivity index (χ4v) is 2.83. The Labute approximate surface area is 134 Å². The zero-order valence-corrected chi connectivity index (χ0v) is 12.9. The molecule has 7 heteroatoms. The van der Waals surface area contributed by atoms with Crippen molar-refractivity contribution in [3.63, 3.8) is 0 Å². The van der Waals surface area contributed by atoms with Crippen molar-refractivity contribution in [3.05, 3.63) is 24.3 Å². The van der Waals surface area contributed by atoms with Gasteiger partial charge < -0.3 is 25.0 Å². The number of β-amino-alcohol motifs (C(OH)–C–C–N with tert-alkyl or cyclic N) is 1. The number of carbonyl (C=O) groups is 2. The van der Waals surface area contributed by atoms with Gasteiger partial charge in [-0.15, -0.1) is 0 Å². The number of ether oxygens (including phenoxy) is 1. The minimum atomic E-state index is -0.660. The van der Waals surface area contributed by atoms with E-state index in [0.717, 1.165) is 18.7 Å². The van der Waals surface area contributed by atoms with Gasteiger partial charge in [0.25, 0.3) is 0 Å². The number of aliphatic hydroxyl groups excluding tert-OH is 1. The van der Waals surface area contributed by atoms with E-state index < -0.39 is 6.10 Å². The predicted octanol–water partition coefficient (Wildman–Crippen LogP) is 1.04. The highest BCUT2D eigenvalue weighted by atomic mass is 16.5. The first-order valence-electron chi connectivity index (χ1n) is 7.85. The first-order chi connectivity index (χ1) is 11.1. The Bertz CT molecular complexity index is 575. The number of benzene rings is 1. The fourth-order valence-electron chi connectivity index (χ4n) is 2.83. The highest BCUT2D eigenvalue weighted by molar-refractivity contribution is 5.96. The number of amides is 3. The number of hydrogen-bond acceptors (Lipinski definition) is 4. The summed E-state index contributed by atoms with van der Waals surface area (Å²) in [6, 6.07) is 6.96. The number of anilines is 2. The molecule has 3 rings (SSSR count). The van der Waals surface area contributed by atoms with Crippen LogP contribution in [0.15, 0.2) is 24.3 Å². The molecular weight excluding hydrogens is 298 g/mol. The van der Waals surface area contributed by atoms with Crippen LogP contribution in [0.3, 0.4) is 0 Å². The third kappa shape index (κ3) is 3.80. The van der Waals surface area contributed by atoms with Crippen LogP contribution in [0.25, 0.3) is 0 Å². The molecule has 2 aliphatic heterocycles. The summed E-state index contributed by atoms with van der Waals surface area (Å²) in [7, 11) is 0. The van der Waals surface area contributed by atoms with Gasteiger partial charge in [0, 0.05) is 30.9 Å². The molecule has 3 amide bonds. The van der Waals surface area contributed by atoms with Crippen LogP contribution < -0.4 is 10.2 Å². The van der Waals surface area contributed by atoms with Crippen molar-refractivity contribution in [3.8, 4) is 0 Å². The van der Waals surface area contributed by atoms with Crippen LogP contribution in [0, 0.1) is 0 Å². The van der Waals surface area contributed by atoms with Crippen LogP contribution in [0.2, 0.25) is 0 Å². The Balaban J connectivity index is 1.61. The van der Waals surface area contributed by atoms with Crippen molar-refractivity contribution in [2.24, 2.45) is 0 Å². The van der Waals surface area contributed by atoms with E-state index in [2.05, 4.69) is 5.32 Å². The van der Waals surface area contributed by atoms with Gasteiger partial charge in [-0.25, -0.2) is 4.79 Å².